The summed E-state index contributed by atoms with van der Waals surface area (Å²) in [6, 6.07) is 7.82. The van der Waals surface area contributed by atoms with Gasteiger partial charge in [-0.3, -0.25) is 4.18 Å². The maximum absolute atomic E-state index is 11.1. The van der Waals surface area contributed by atoms with Crippen LogP contribution in [0.3, 0.4) is 0 Å². The van der Waals surface area contributed by atoms with Gasteiger partial charge in [-0.15, -0.1) is 0 Å². The van der Waals surface area contributed by atoms with Gasteiger partial charge in [0.1, 0.15) is 12.2 Å². The van der Waals surface area contributed by atoms with E-state index in [0.29, 0.717) is 0 Å². The van der Waals surface area contributed by atoms with E-state index >= 15 is 0 Å². The maximum atomic E-state index is 11.1. The van der Waals surface area contributed by atoms with Crippen LogP contribution >= 0.6 is 22.6 Å². The highest BCUT2D eigenvalue weighted by atomic mass is 127. The standard InChI is InChI=1S/C14H18INO5S/c15-11-6-2-1-5-10(11)13-12(9-19-22(16,17)18)20-14(21-13)7-3-4-8-14/h1-2,5-6,12-13H,3-4,7-9H2,(H2,16,17,18)/t12-,13-/m1/s1. The van der Waals surface area contributed by atoms with Crippen LogP contribution in [0.2, 0.25) is 0 Å². The summed E-state index contributed by atoms with van der Waals surface area (Å²) in [6.07, 6.45) is 2.88. The second-order valence-corrected chi connectivity index (χ2v) is 7.99. The first-order valence-corrected chi connectivity index (χ1v) is 9.71. The fraction of sp³-hybridized carbons (Fsp3) is 0.571. The summed E-state index contributed by atoms with van der Waals surface area (Å²) >= 11 is 2.24. The van der Waals surface area contributed by atoms with E-state index in [0.717, 1.165) is 34.8 Å². The van der Waals surface area contributed by atoms with Crippen molar-refractivity contribution in [2.75, 3.05) is 6.61 Å². The molecule has 1 saturated heterocycles. The van der Waals surface area contributed by atoms with Crippen molar-refractivity contribution in [2.45, 2.75) is 43.7 Å². The van der Waals surface area contributed by atoms with Gasteiger partial charge < -0.3 is 9.47 Å². The van der Waals surface area contributed by atoms with Crippen molar-refractivity contribution in [1.82, 2.24) is 0 Å². The smallest absolute Gasteiger partial charge is 0.333 e. The molecule has 1 aliphatic carbocycles. The molecule has 2 N–H and O–H groups in total. The van der Waals surface area contributed by atoms with Crippen molar-refractivity contribution in [2.24, 2.45) is 5.14 Å². The van der Waals surface area contributed by atoms with Gasteiger partial charge in [-0.2, -0.15) is 8.42 Å². The van der Waals surface area contributed by atoms with Crippen LogP contribution in [-0.4, -0.2) is 26.9 Å². The van der Waals surface area contributed by atoms with Crippen LogP contribution in [0.15, 0.2) is 24.3 Å². The second-order valence-electron chi connectivity index (χ2n) is 5.61. The lowest BCUT2D eigenvalue weighted by Crippen LogP contribution is -2.29. The Kier molecular flexibility index (Phi) is 4.77. The summed E-state index contributed by atoms with van der Waals surface area (Å²) in [5.41, 5.74) is 0.981. The predicted molar refractivity (Wildman–Crippen MR) is 88.1 cm³/mol. The normalized spacial score (nSPS) is 27.5. The fourth-order valence-electron chi connectivity index (χ4n) is 3.08. The van der Waals surface area contributed by atoms with Crippen LogP contribution in [0.25, 0.3) is 0 Å². The lowest BCUT2D eigenvalue weighted by atomic mass is 10.1. The van der Waals surface area contributed by atoms with E-state index in [1.807, 2.05) is 24.3 Å². The SMILES string of the molecule is NS(=O)(=O)OC[C@H]1OC2(CCCC2)O[C@@H]1c1ccccc1I. The molecule has 1 aromatic rings. The lowest BCUT2D eigenvalue weighted by molar-refractivity contribution is -0.171. The zero-order valence-electron chi connectivity index (χ0n) is 11.9. The molecular formula is C14H18INO5S. The number of ether oxygens (including phenoxy) is 2. The third-order valence-corrected chi connectivity index (χ3v) is 5.47. The van der Waals surface area contributed by atoms with E-state index in [9.17, 15) is 8.42 Å². The molecule has 122 valence electrons. The molecule has 1 spiro atoms. The van der Waals surface area contributed by atoms with Crippen molar-refractivity contribution in [3.8, 4) is 0 Å². The highest BCUT2D eigenvalue weighted by molar-refractivity contribution is 14.1. The van der Waals surface area contributed by atoms with Crippen LogP contribution in [0.1, 0.15) is 37.4 Å². The molecule has 0 aromatic heterocycles. The van der Waals surface area contributed by atoms with Crippen molar-refractivity contribution >= 4 is 32.9 Å². The van der Waals surface area contributed by atoms with Gasteiger partial charge in [0.15, 0.2) is 5.79 Å². The van der Waals surface area contributed by atoms with Gasteiger partial charge in [0, 0.05) is 16.4 Å². The molecule has 1 aromatic carbocycles. The van der Waals surface area contributed by atoms with E-state index in [-0.39, 0.29) is 12.7 Å². The molecular weight excluding hydrogens is 421 g/mol. The molecule has 1 heterocycles. The molecule has 6 nitrogen and oxygen atoms in total. The highest BCUT2D eigenvalue weighted by Gasteiger charge is 2.50. The largest absolute Gasteiger partial charge is 0.341 e. The Morgan fingerprint density at radius 1 is 1.27 bits per heavy atom. The van der Waals surface area contributed by atoms with Gasteiger partial charge in [0.2, 0.25) is 0 Å². The molecule has 2 aliphatic rings. The van der Waals surface area contributed by atoms with Gasteiger partial charge in [-0.25, -0.2) is 5.14 Å². The molecule has 0 bridgehead atoms. The quantitative estimate of drug-likeness (QED) is 0.728. The van der Waals surface area contributed by atoms with Gasteiger partial charge >= 0.3 is 10.3 Å². The first kappa shape index (κ1) is 16.6. The average molecular weight is 439 g/mol. The summed E-state index contributed by atoms with van der Waals surface area (Å²) in [6.45, 7) is -0.143. The number of hydrogen-bond donors (Lipinski definition) is 1. The molecule has 0 unspecified atom stereocenters. The number of benzene rings is 1. The molecule has 3 rings (SSSR count). The van der Waals surface area contributed by atoms with Crippen LogP contribution in [0, 0.1) is 3.57 Å². The molecule has 0 radical (unpaired) electrons. The van der Waals surface area contributed by atoms with Gasteiger partial charge in [-0.1, -0.05) is 18.2 Å². The minimum Gasteiger partial charge on any atom is -0.341 e. The third kappa shape index (κ3) is 3.62. The first-order chi connectivity index (χ1) is 10.4. The summed E-state index contributed by atoms with van der Waals surface area (Å²) in [7, 11) is -4.00. The van der Waals surface area contributed by atoms with Gasteiger partial charge in [0.25, 0.3) is 0 Å². The number of hydrogen-bond acceptors (Lipinski definition) is 5. The summed E-state index contributed by atoms with van der Waals surface area (Å²) in [5, 5.41) is 4.92. The van der Waals surface area contributed by atoms with Crippen LogP contribution in [0.4, 0.5) is 0 Å². The van der Waals surface area contributed by atoms with Crippen LogP contribution in [0.5, 0.6) is 0 Å². The maximum Gasteiger partial charge on any atom is 0.333 e. The second kappa shape index (κ2) is 6.33. The summed E-state index contributed by atoms with van der Waals surface area (Å²) in [5.74, 6) is -0.615. The van der Waals surface area contributed by atoms with Gasteiger partial charge in [-0.05, 0) is 47.1 Å². The Balaban J connectivity index is 1.85. The topological polar surface area (TPSA) is 87.9 Å². The van der Waals surface area contributed by atoms with E-state index in [2.05, 4.69) is 22.6 Å². The Morgan fingerprint density at radius 3 is 2.59 bits per heavy atom. The Labute approximate surface area is 143 Å². The van der Waals surface area contributed by atoms with E-state index in [4.69, 9.17) is 18.8 Å². The molecule has 22 heavy (non-hydrogen) atoms. The average Bonchev–Trinajstić information content (AvgIpc) is 3.04. The monoisotopic (exact) mass is 439 g/mol. The molecule has 2 fully saturated rings. The summed E-state index contributed by atoms with van der Waals surface area (Å²) in [4.78, 5) is 0. The van der Waals surface area contributed by atoms with Crippen LogP contribution in [-0.2, 0) is 24.0 Å². The number of rotatable bonds is 4. The predicted octanol–water partition coefficient (Wildman–Crippen LogP) is 2.24. The van der Waals surface area contributed by atoms with Gasteiger partial charge in [0.05, 0.1) is 6.61 Å². The minimum absolute atomic E-state index is 0.143. The zero-order chi connectivity index (χ0) is 15.8. The van der Waals surface area contributed by atoms with E-state index < -0.39 is 22.2 Å². The Hall–Kier alpha value is -0.260. The lowest BCUT2D eigenvalue weighted by Gasteiger charge is -2.22. The zero-order valence-corrected chi connectivity index (χ0v) is 14.9. The molecule has 1 aliphatic heterocycles. The van der Waals surface area contributed by atoms with Crippen LogP contribution < -0.4 is 5.14 Å². The number of nitrogens with two attached hydrogens (primary N) is 1. The molecule has 1 saturated carbocycles. The van der Waals surface area contributed by atoms with Crippen molar-refractivity contribution < 1.29 is 22.1 Å². The first-order valence-electron chi connectivity index (χ1n) is 7.16. The van der Waals surface area contributed by atoms with Crippen molar-refractivity contribution in [3.05, 3.63) is 33.4 Å². The minimum atomic E-state index is -4.00. The fourth-order valence-corrected chi connectivity index (χ4v) is 4.09. The highest BCUT2D eigenvalue weighted by Crippen LogP contribution is 2.47. The van der Waals surface area contributed by atoms with Crippen molar-refractivity contribution in [1.29, 1.82) is 0 Å². The molecule has 0 amide bonds. The van der Waals surface area contributed by atoms with Crippen molar-refractivity contribution in [3.63, 3.8) is 0 Å². The molecule has 8 heteroatoms. The summed E-state index contributed by atoms with van der Waals surface area (Å²) < 4.78 is 40.2. The van der Waals surface area contributed by atoms with E-state index in [1.54, 1.807) is 0 Å². The Morgan fingerprint density at radius 2 is 1.95 bits per heavy atom. The molecule has 2 atom stereocenters. The Bertz CT molecular complexity index is 644. The third-order valence-electron chi connectivity index (χ3n) is 4.02. The number of halogens is 1. The van der Waals surface area contributed by atoms with E-state index in [1.165, 1.54) is 0 Å².